The SMILES string of the molecule is Cc1ccc(S(=O)(=O)C2=C3CCCCN3CCC2)cc1. The molecule has 0 saturated carbocycles. The highest BCUT2D eigenvalue weighted by molar-refractivity contribution is 7.95. The summed E-state index contributed by atoms with van der Waals surface area (Å²) in [6.45, 7) is 4.01. The van der Waals surface area contributed by atoms with E-state index in [1.165, 1.54) is 6.42 Å². The summed E-state index contributed by atoms with van der Waals surface area (Å²) in [5, 5.41) is 0. The van der Waals surface area contributed by atoms with Gasteiger partial charge in [-0.1, -0.05) is 17.7 Å². The number of hydrogen-bond acceptors (Lipinski definition) is 3. The number of fused-ring (bicyclic) bond motifs is 1. The molecule has 4 heteroatoms. The summed E-state index contributed by atoms with van der Waals surface area (Å²) in [6.07, 6.45) is 4.85. The van der Waals surface area contributed by atoms with Gasteiger partial charge in [-0.3, -0.25) is 0 Å². The van der Waals surface area contributed by atoms with Crippen LogP contribution in [0.15, 0.2) is 39.8 Å². The number of piperidine rings is 1. The minimum Gasteiger partial charge on any atom is -0.374 e. The lowest BCUT2D eigenvalue weighted by molar-refractivity contribution is 0.270. The second kappa shape index (κ2) is 5.24. The molecule has 1 aromatic rings. The molecule has 0 aliphatic carbocycles. The summed E-state index contributed by atoms with van der Waals surface area (Å²) in [4.78, 5) is 3.40. The zero-order valence-electron chi connectivity index (χ0n) is 11.9. The van der Waals surface area contributed by atoms with E-state index in [0.717, 1.165) is 43.6 Å². The summed E-state index contributed by atoms with van der Waals surface area (Å²) in [6, 6.07) is 7.22. The maximum absolute atomic E-state index is 12.9. The Bertz CT molecular complexity index is 629. The van der Waals surface area contributed by atoms with Gasteiger partial charge in [0.25, 0.3) is 0 Å². The molecule has 2 heterocycles. The van der Waals surface area contributed by atoms with Crippen molar-refractivity contribution in [3.63, 3.8) is 0 Å². The minimum atomic E-state index is -3.31. The van der Waals surface area contributed by atoms with Gasteiger partial charge in [-0.25, -0.2) is 8.42 Å². The molecule has 0 atom stereocenters. The molecule has 108 valence electrons. The minimum absolute atomic E-state index is 0.443. The fourth-order valence-corrected chi connectivity index (χ4v) is 4.91. The molecule has 0 amide bonds. The van der Waals surface area contributed by atoms with E-state index in [1.54, 1.807) is 12.1 Å². The van der Waals surface area contributed by atoms with Gasteiger partial charge in [0.1, 0.15) is 0 Å². The van der Waals surface area contributed by atoms with Gasteiger partial charge >= 0.3 is 0 Å². The second-order valence-corrected chi connectivity index (χ2v) is 7.71. The molecule has 0 radical (unpaired) electrons. The van der Waals surface area contributed by atoms with Crippen LogP contribution in [0.1, 0.15) is 37.7 Å². The average Bonchev–Trinajstić information content (AvgIpc) is 2.47. The van der Waals surface area contributed by atoms with Gasteiger partial charge in [0.15, 0.2) is 0 Å². The van der Waals surface area contributed by atoms with E-state index < -0.39 is 9.84 Å². The Balaban J connectivity index is 2.05. The fourth-order valence-electron chi connectivity index (χ4n) is 3.17. The smallest absolute Gasteiger partial charge is 0.204 e. The third-order valence-electron chi connectivity index (χ3n) is 4.28. The third-order valence-corrected chi connectivity index (χ3v) is 6.26. The first-order valence-electron chi connectivity index (χ1n) is 7.38. The molecular weight excluding hydrogens is 270 g/mol. The quantitative estimate of drug-likeness (QED) is 0.839. The standard InChI is InChI=1S/C16H21NO2S/c1-13-7-9-14(10-8-13)20(18,19)16-6-4-12-17-11-3-2-5-15(16)17/h7-10H,2-6,11-12H2,1H3. The molecule has 2 aliphatic heterocycles. The zero-order valence-corrected chi connectivity index (χ0v) is 12.7. The van der Waals surface area contributed by atoms with Gasteiger partial charge < -0.3 is 4.90 Å². The largest absolute Gasteiger partial charge is 0.374 e. The van der Waals surface area contributed by atoms with Crippen molar-refractivity contribution in [2.45, 2.75) is 43.9 Å². The van der Waals surface area contributed by atoms with E-state index in [2.05, 4.69) is 4.90 Å². The van der Waals surface area contributed by atoms with Crippen LogP contribution in [0.3, 0.4) is 0 Å². The number of rotatable bonds is 2. The maximum atomic E-state index is 12.9. The number of aryl methyl sites for hydroxylation is 1. The Morgan fingerprint density at radius 1 is 0.950 bits per heavy atom. The maximum Gasteiger partial charge on any atom is 0.204 e. The van der Waals surface area contributed by atoms with Gasteiger partial charge in [-0.05, 0) is 51.2 Å². The van der Waals surface area contributed by atoms with E-state index in [0.29, 0.717) is 16.2 Å². The van der Waals surface area contributed by atoms with E-state index in [4.69, 9.17) is 0 Å². The summed E-state index contributed by atoms with van der Waals surface area (Å²) in [5.41, 5.74) is 2.17. The van der Waals surface area contributed by atoms with Crippen molar-refractivity contribution in [2.75, 3.05) is 13.1 Å². The van der Waals surface area contributed by atoms with Crippen LogP contribution in [0.2, 0.25) is 0 Å². The molecule has 1 aromatic carbocycles. The van der Waals surface area contributed by atoms with Gasteiger partial charge in [0.05, 0.1) is 9.80 Å². The number of benzene rings is 1. The van der Waals surface area contributed by atoms with Crippen LogP contribution in [-0.2, 0) is 9.84 Å². The zero-order chi connectivity index (χ0) is 14.2. The molecule has 0 aromatic heterocycles. The number of hydrogen-bond donors (Lipinski definition) is 0. The monoisotopic (exact) mass is 291 g/mol. The lowest BCUT2D eigenvalue weighted by atomic mass is 10.0. The lowest BCUT2D eigenvalue weighted by Gasteiger charge is -2.37. The highest BCUT2D eigenvalue weighted by atomic mass is 32.2. The normalized spacial score (nSPS) is 19.9. The molecule has 20 heavy (non-hydrogen) atoms. The third kappa shape index (κ3) is 2.37. The number of nitrogens with zero attached hydrogens (tertiary/aromatic N) is 1. The highest BCUT2D eigenvalue weighted by Crippen LogP contribution is 2.35. The molecule has 3 rings (SSSR count). The second-order valence-electron chi connectivity index (χ2n) is 5.73. The van der Waals surface area contributed by atoms with Crippen molar-refractivity contribution in [3.05, 3.63) is 40.4 Å². The Kier molecular flexibility index (Phi) is 3.59. The van der Waals surface area contributed by atoms with Crippen LogP contribution in [0, 0.1) is 6.92 Å². The van der Waals surface area contributed by atoms with Crippen LogP contribution >= 0.6 is 0 Å². The molecule has 0 spiro atoms. The average molecular weight is 291 g/mol. The molecule has 0 unspecified atom stereocenters. The summed E-state index contributed by atoms with van der Waals surface area (Å²) in [5.74, 6) is 0. The molecular formula is C16H21NO2S. The summed E-state index contributed by atoms with van der Waals surface area (Å²) in [7, 11) is -3.31. The summed E-state index contributed by atoms with van der Waals surface area (Å²) < 4.78 is 25.7. The van der Waals surface area contributed by atoms with Crippen molar-refractivity contribution < 1.29 is 8.42 Å². The van der Waals surface area contributed by atoms with Crippen LogP contribution < -0.4 is 0 Å². The van der Waals surface area contributed by atoms with Gasteiger partial charge in [0, 0.05) is 18.8 Å². The van der Waals surface area contributed by atoms with Crippen molar-refractivity contribution in [3.8, 4) is 0 Å². The van der Waals surface area contributed by atoms with Gasteiger partial charge in [-0.15, -0.1) is 0 Å². The molecule has 0 bridgehead atoms. The van der Waals surface area contributed by atoms with Crippen LogP contribution in [0.5, 0.6) is 0 Å². The molecule has 0 N–H and O–H groups in total. The van der Waals surface area contributed by atoms with Crippen LogP contribution in [0.4, 0.5) is 0 Å². The molecule has 2 aliphatic rings. The van der Waals surface area contributed by atoms with E-state index in [9.17, 15) is 8.42 Å². The Hall–Kier alpha value is -1.29. The van der Waals surface area contributed by atoms with Gasteiger partial charge in [0.2, 0.25) is 9.84 Å². The first-order valence-corrected chi connectivity index (χ1v) is 8.86. The van der Waals surface area contributed by atoms with Crippen LogP contribution in [0.25, 0.3) is 0 Å². The number of sulfone groups is 1. The molecule has 3 nitrogen and oxygen atoms in total. The van der Waals surface area contributed by atoms with Gasteiger partial charge in [-0.2, -0.15) is 0 Å². The first kappa shape index (κ1) is 13.7. The predicted octanol–water partition coefficient (Wildman–Crippen LogP) is 3.26. The van der Waals surface area contributed by atoms with E-state index in [-0.39, 0.29) is 0 Å². The topological polar surface area (TPSA) is 37.4 Å². The van der Waals surface area contributed by atoms with Crippen molar-refractivity contribution in [2.24, 2.45) is 0 Å². The van der Waals surface area contributed by atoms with E-state index >= 15 is 0 Å². The first-order chi connectivity index (χ1) is 9.59. The highest BCUT2D eigenvalue weighted by Gasteiger charge is 2.30. The van der Waals surface area contributed by atoms with Crippen molar-refractivity contribution in [1.29, 1.82) is 0 Å². The number of allylic oxidation sites excluding steroid dienone is 2. The Morgan fingerprint density at radius 2 is 1.65 bits per heavy atom. The molecule has 1 fully saturated rings. The van der Waals surface area contributed by atoms with E-state index in [1.807, 2.05) is 19.1 Å². The Morgan fingerprint density at radius 3 is 2.40 bits per heavy atom. The fraction of sp³-hybridized carbons (Fsp3) is 0.500. The Labute approximate surface area is 121 Å². The predicted molar refractivity (Wildman–Crippen MR) is 80.0 cm³/mol. The van der Waals surface area contributed by atoms with Crippen LogP contribution in [-0.4, -0.2) is 26.4 Å². The summed E-state index contributed by atoms with van der Waals surface area (Å²) >= 11 is 0. The molecule has 1 saturated heterocycles. The van der Waals surface area contributed by atoms with Crippen molar-refractivity contribution >= 4 is 9.84 Å². The lowest BCUT2D eigenvalue weighted by Crippen LogP contribution is -2.34. The van der Waals surface area contributed by atoms with Crippen molar-refractivity contribution in [1.82, 2.24) is 4.90 Å².